The van der Waals surface area contributed by atoms with Gasteiger partial charge < -0.3 is 24.4 Å². The van der Waals surface area contributed by atoms with Crippen molar-refractivity contribution in [3.63, 3.8) is 0 Å². The molecule has 1 N–H and O–H groups in total. The summed E-state index contributed by atoms with van der Waals surface area (Å²) in [6.07, 6.45) is 1.63. The van der Waals surface area contributed by atoms with E-state index in [2.05, 4.69) is 10.3 Å². The molecule has 2 heterocycles. The number of carbonyl (C=O) groups excluding carboxylic acids is 1. The van der Waals surface area contributed by atoms with Gasteiger partial charge in [-0.25, -0.2) is 13.4 Å². The van der Waals surface area contributed by atoms with Crippen LogP contribution in [0.25, 0.3) is 0 Å². The van der Waals surface area contributed by atoms with Crippen molar-refractivity contribution in [3.8, 4) is 17.2 Å². The van der Waals surface area contributed by atoms with Crippen LogP contribution in [0.1, 0.15) is 15.9 Å². The van der Waals surface area contributed by atoms with Crippen molar-refractivity contribution in [2.45, 2.75) is 11.4 Å². The summed E-state index contributed by atoms with van der Waals surface area (Å²) in [5.74, 6) is 1.75. The van der Waals surface area contributed by atoms with Gasteiger partial charge in [-0.1, -0.05) is 12.1 Å². The molecule has 1 saturated heterocycles. The molecule has 1 aliphatic heterocycles. The van der Waals surface area contributed by atoms with E-state index in [1.807, 2.05) is 29.2 Å². The smallest absolute Gasteiger partial charge is 0.255 e. The van der Waals surface area contributed by atoms with Crippen LogP contribution in [-0.2, 0) is 16.6 Å². The molecule has 0 bridgehead atoms. The number of hydrogen-bond acceptors (Lipinski definition) is 8. The molecule has 3 aromatic rings. The standard InChI is InChI=1S/C26H30N4O6S/c1-34-20-8-6-19(7-9-20)18-28-26(31)22-5-4-12-27-25(22)29-13-15-30(16-14-29)37(32,33)24-11-10-21(35-2)17-23(24)36-3/h4-12,17H,13-16,18H2,1-3H3,(H,28,31). The number of nitrogens with zero attached hydrogens (tertiary/aromatic N) is 3. The summed E-state index contributed by atoms with van der Waals surface area (Å²) in [7, 11) is 0.746. The lowest BCUT2D eigenvalue weighted by Crippen LogP contribution is -2.49. The number of sulfonamides is 1. The van der Waals surface area contributed by atoms with E-state index >= 15 is 0 Å². The van der Waals surface area contributed by atoms with Gasteiger partial charge in [0, 0.05) is 45.0 Å². The minimum absolute atomic E-state index is 0.0840. The highest BCUT2D eigenvalue weighted by molar-refractivity contribution is 7.89. The van der Waals surface area contributed by atoms with E-state index in [-0.39, 0.29) is 29.6 Å². The van der Waals surface area contributed by atoms with Crippen molar-refractivity contribution >= 4 is 21.7 Å². The summed E-state index contributed by atoms with van der Waals surface area (Å²) >= 11 is 0. The van der Waals surface area contributed by atoms with Gasteiger partial charge >= 0.3 is 0 Å². The van der Waals surface area contributed by atoms with Crippen molar-refractivity contribution in [1.29, 1.82) is 0 Å². The zero-order valence-corrected chi connectivity index (χ0v) is 21.8. The van der Waals surface area contributed by atoms with E-state index in [0.29, 0.717) is 36.8 Å². The van der Waals surface area contributed by atoms with E-state index in [1.165, 1.54) is 24.6 Å². The maximum absolute atomic E-state index is 13.3. The first kappa shape index (κ1) is 26.2. The van der Waals surface area contributed by atoms with Crippen molar-refractivity contribution in [1.82, 2.24) is 14.6 Å². The molecule has 0 unspecified atom stereocenters. The fraction of sp³-hybridized carbons (Fsp3) is 0.308. The average Bonchev–Trinajstić information content (AvgIpc) is 2.95. The van der Waals surface area contributed by atoms with Crippen LogP contribution >= 0.6 is 0 Å². The predicted molar refractivity (Wildman–Crippen MR) is 139 cm³/mol. The Labute approximate surface area is 216 Å². The number of amides is 1. The van der Waals surface area contributed by atoms with Crippen LogP contribution < -0.4 is 24.4 Å². The molecule has 1 fully saturated rings. The highest BCUT2D eigenvalue weighted by Crippen LogP contribution is 2.31. The molecule has 1 aromatic heterocycles. The lowest BCUT2D eigenvalue weighted by atomic mass is 10.2. The van der Waals surface area contributed by atoms with Gasteiger partial charge in [-0.15, -0.1) is 0 Å². The molecule has 196 valence electrons. The maximum Gasteiger partial charge on any atom is 0.255 e. The number of anilines is 1. The van der Waals surface area contributed by atoms with Crippen molar-refractivity contribution in [2.24, 2.45) is 0 Å². The number of aromatic nitrogens is 1. The minimum Gasteiger partial charge on any atom is -0.497 e. The van der Waals surface area contributed by atoms with Crippen molar-refractivity contribution in [3.05, 3.63) is 71.9 Å². The number of carbonyl (C=O) groups is 1. The number of nitrogens with one attached hydrogen (secondary N) is 1. The number of benzene rings is 2. The molecule has 0 spiro atoms. The molecular weight excluding hydrogens is 496 g/mol. The van der Waals surface area contributed by atoms with Gasteiger partial charge in [0.15, 0.2) is 0 Å². The second kappa shape index (κ2) is 11.5. The summed E-state index contributed by atoms with van der Waals surface area (Å²) in [6.45, 7) is 1.59. The van der Waals surface area contributed by atoms with Gasteiger partial charge in [-0.2, -0.15) is 4.31 Å². The number of piperazine rings is 1. The Bertz CT molecular complexity index is 1340. The maximum atomic E-state index is 13.3. The Morgan fingerprint density at radius 2 is 1.59 bits per heavy atom. The molecule has 10 nitrogen and oxygen atoms in total. The molecule has 0 atom stereocenters. The third kappa shape index (κ3) is 5.78. The Hall–Kier alpha value is -3.83. The molecule has 37 heavy (non-hydrogen) atoms. The van der Waals surface area contributed by atoms with E-state index in [1.54, 1.807) is 37.6 Å². The zero-order chi connectivity index (χ0) is 26.4. The molecule has 0 saturated carbocycles. The predicted octanol–water partition coefficient (Wildman–Crippen LogP) is 2.55. The van der Waals surface area contributed by atoms with E-state index in [9.17, 15) is 13.2 Å². The number of pyridine rings is 1. The fourth-order valence-corrected chi connectivity index (χ4v) is 5.67. The second-order valence-corrected chi connectivity index (χ2v) is 10.2. The van der Waals surface area contributed by atoms with Crippen LogP contribution in [0.5, 0.6) is 17.2 Å². The van der Waals surface area contributed by atoms with Gasteiger partial charge in [0.25, 0.3) is 5.91 Å². The fourth-order valence-electron chi connectivity index (χ4n) is 4.11. The first-order valence-electron chi connectivity index (χ1n) is 11.7. The summed E-state index contributed by atoms with van der Waals surface area (Å²) < 4.78 is 43.8. The van der Waals surface area contributed by atoms with Gasteiger partial charge in [0.1, 0.15) is 28.0 Å². The van der Waals surface area contributed by atoms with E-state index < -0.39 is 10.0 Å². The highest BCUT2D eigenvalue weighted by Gasteiger charge is 2.32. The Kier molecular flexibility index (Phi) is 8.14. The van der Waals surface area contributed by atoms with E-state index in [4.69, 9.17) is 14.2 Å². The van der Waals surface area contributed by atoms with Crippen molar-refractivity contribution < 1.29 is 27.4 Å². The SMILES string of the molecule is COc1ccc(CNC(=O)c2cccnc2N2CCN(S(=O)(=O)c3ccc(OC)cc3OC)CC2)cc1. The van der Waals surface area contributed by atoms with Crippen molar-refractivity contribution in [2.75, 3.05) is 52.4 Å². The molecule has 1 aliphatic rings. The van der Waals surface area contributed by atoms with E-state index in [0.717, 1.165) is 11.3 Å². The summed E-state index contributed by atoms with van der Waals surface area (Å²) in [5, 5.41) is 2.93. The normalized spacial score (nSPS) is 14.2. The highest BCUT2D eigenvalue weighted by atomic mass is 32.2. The van der Waals surface area contributed by atoms with Crippen LogP contribution in [0.2, 0.25) is 0 Å². The molecule has 1 amide bonds. The molecule has 2 aromatic carbocycles. The van der Waals surface area contributed by atoms with Crippen LogP contribution in [0.15, 0.2) is 65.7 Å². The van der Waals surface area contributed by atoms with Crippen LogP contribution in [0.3, 0.4) is 0 Å². The average molecular weight is 527 g/mol. The lowest BCUT2D eigenvalue weighted by Gasteiger charge is -2.35. The second-order valence-electron chi connectivity index (χ2n) is 8.31. The quantitative estimate of drug-likeness (QED) is 0.453. The molecule has 4 rings (SSSR count). The summed E-state index contributed by atoms with van der Waals surface area (Å²) in [4.78, 5) is 19.5. The number of rotatable bonds is 9. The van der Waals surface area contributed by atoms with Gasteiger partial charge in [0.2, 0.25) is 10.0 Å². The number of hydrogen-bond donors (Lipinski definition) is 1. The Balaban J connectivity index is 1.44. The third-order valence-electron chi connectivity index (χ3n) is 6.17. The zero-order valence-electron chi connectivity index (χ0n) is 21.0. The molecular formula is C26H30N4O6S. The molecule has 0 aliphatic carbocycles. The summed E-state index contributed by atoms with van der Waals surface area (Å²) in [6, 6.07) is 15.5. The largest absolute Gasteiger partial charge is 0.497 e. The minimum atomic E-state index is -3.79. The Morgan fingerprint density at radius 1 is 0.919 bits per heavy atom. The summed E-state index contributed by atoms with van der Waals surface area (Å²) in [5.41, 5.74) is 1.37. The first-order valence-corrected chi connectivity index (χ1v) is 13.1. The molecule has 0 radical (unpaired) electrons. The van der Waals surface area contributed by atoms with Gasteiger partial charge in [0.05, 0.1) is 26.9 Å². The van der Waals surface area contributed by atoms with Gasteiger partial charge in [-0.3, -0.25) is 4.79 Å². The lowest BCUT2D eigenvalue weighted by molar-refractivity contribution is 0.0951. The van der Waals surface area contributed by atoms with Crippen LogP contribution in [0, 0.1) is 0 Å². The molecule has 11 heteroatoms. The number of methoxy groups -OCH3 is 3. The van der Waals surface area contributed by atoms with Crippen LogP contribution in [0.4, 0.5) is 5.82 Å². The third-order valence-corrected chi connectivity index (χ3v) is 8.11. The van der Waals surface area contributed by atoms with Crippen LogP contribution in [-0.4, -0.2) is 71.1 Å². The Morgan fingerprint density at radius 3 is 2.24 bits per heavy atom. The van der Waals surface area contributed by atoms with Gasteiger partial charge in [-0.05, 0) is 42.0 Å². The number of ether oxygens (including phenoxy) is 3. The topological polar surface area (TPSA) is 110 Å². The monoisotopic (exact) mass is 526 g/mol. The first-order chi connectivity index (χ1) is 17.9.